The van der Waals surface area contributed by atoms with Crippen LogP contribution in [0.15, 0.2) is 84.9 Å². The first kappa shape index (κ1) is 21.6. The Bertz CT molecular complexity index is 1270. The topological polar surface area (TPSA) is 101 Å². The van der Waals surface area contributed by atoms with Gasteiger partial charge in [0.1, 0.15) is 6.04 Å². The van der Waals surface area contributed by atoms with Crippen LogP contribution in [-0.2, 0) is 14.4 Å². The van der Waals surface area contributed by atoms with E-state index in [1.807, 2.05) is 31.2 Å². The lowest BCUT2D eigenvalue weighted by Gasteiger charge is -2.32. The second-order valence-corrected chi connectivity index (χ2v) is 8.68. The third-order valence-corrected chi connectivity index (χ3v) is 6.66. The van der Waals surface area contributed by atoms with Crippen LogP contribution in [0.25, 0.3) is 0 Å². The third kappa shape index (κ3) is 3.28. The Balaban J connectivity index is 1.68. The number of amides is 4. The lowest BCUT2D eigenvalue weighted by Crippen LogP contribution is -2.50. The summed E-state index contributed by atoms with van der Waals surface area (Å²) in [5, 5.41) is 0. The molecular formula is C27H23N3O4. The van der Waals surface area contributed by atoms with Crippen molar-refractivity contribution in [3.05, 3.63) is 102 Å². The summed E-state index contributed by atoms with van der Waals surface area (Å²) in [5.74, 6) is -4.22. The summed E-state index contributed by atoms with van der Waals surface area (Å²) in [5.41, 5.74) is 8.26. The molecule has 0 aliphatic carbocycles. The average Bonchev–Trinajstić information content (AvgIpc) is 3.33. The highest BCUT2D eigenvalue weighted by molar-refractivity contribution is 6.24. The van der Waals surface area contributed by atoms with Gasteiger partial charge in [-0.2, -0.15) is 0 Å². The first-order valence-corrected chi connectivity index (χ1v) is 11.1. The fourth-order valence-electron chi connectivity index (χ4n) is 5.16. The zero-order valence-electron chi connectivity index (χ0n) is 18.5. The molecule has 5 rings (SSSR count). The molecule has 170 valence electrons. The number of nitrogens with zero attached hydrogens (tertiary/aromatic N) is 2. The van der Waals surface area contributed by atoms with Crippen molar-refractivity contribution in [2.45, 2.75) is 19.0 Å². The fraction of sp³-hybridized carbons (Fsp3) is 0.185. The van der Waals surface area contributed by atoms with Gasteiger partial charge in [-0.3, -0.25) is 19.2 Å². The highest BCUT2D eigenvalue weighted by Gasteiger charge is 2.65. The van der Waals surface area contributed by atoms with Gasteiger partial charge in [0.05, 0.1) is 23.6 Å². The minimum atomic E-state index is -1.26. The smallest absolute Gasteiger partial charge is 0.255 e. The van der Waals surface area contributed by atoms with Crippen molar-refractivity contribution in [1.82, 2.24) is 4.90 Å². The molecule has 4 amide bonds. The highest BCUT2D eigenvalue weighted by atomic mass is 16.2. The molecule has 34 heavy (non-hydrogen) atoms. The van der Waals surface area contributed by atoms with E-state index in [9.17, 15) is 19.2 Å². The maximum atomic E-state index is 13.7. The van der Waals surface area contributed by atoms with Crippen LogP contribution in [0.1, 0.15) is 27.5 Å². The molecule has 2 heterocycles. The van der Waals surface area contributed by atoms with E-state index in [0.29, 0.717) is 16.8 Å². The summed E-state index contributed by atoms with van der Waals surface area (Å²) >= 11 is 0. The summed E-state index contributed by atoms with van der Waals surface area (Å²) in [6, 6.07) is 22.4. The van der Waals surface area contributed by atoms with Crippen molar-refractivity contribution in [3.63, 3.8) is 0 Å². The van der Waals surface area contributed by atoms with Crippen molar-refractivity contribution in [2.75, 3.05) is 4.90 Å². The molecule has 2 aliphatic heterocycles. The zero-order valence-corrected chi connectivity index (χ0v) is 18.5. The molecule has 7 heteroatoms. The third-order valence-electron chi connectivity index (χ3n) is 6.66. The molecule has 2 N–H and O–H groups in total. The largest absolute Gasteiger partial charge is 0.368 e. The SMILES string of the molecule is Cc1ccc(C2C3C(=O)N(c4ccccc4)C(=O)C3C(C(N)=O)N2C(=O)c2ccccc2)cc1. The predicted octanol–water partition coefficient (Wildman–Crippen LogP) is 2.85. The normalized spacial score (nSPS) is 23.8. The molecule has 2 aliphatic rings. The Labute approximate surface area is 196 Å². The van der Waals surface area contributed by atoms with E-state index in [4.69, 9.17) is 5.73 Å². The standard InChI is InChI=1S/C27H23N3O4/c1-16-12-14-17(15-13-16)22-20-21(27(34)29(26(20)33)19-10-6-3-7-11-19)23(24(28)31)30(22)25(32)18-8-4-2-5-9-18/h2-15,20-23H,1H3,(H2,28,31). The zero-order chi connectivity index (χ0) is 24.0. The van der Waals surface area contributed by atoms with Gasteiger partial charge in [0, 0.05) is 5.56 Å². The highest BCUT2D eigenvalue weighted by Crippen LogP contribution is 2.51. The maximum absolute atomic E-state index is 13.7. The van der Waals surface area contributed by atoms with E-state index in [1.54, 1.807) is 60.7 Å². The number of carbonyl (C=O) groups is 4. The Hall–Kier alpha value is -4.26. The Morgan fingerprint density at radius 3 is 1.91 bits per heavy atom. The quantitative estimate of drug-likeness (QED) is 0.614. The Morgan fingerprint density at radius 1 is 0.765 bits per heavy atom. The number of para-hydroxylation sites is 1. The molecule has 2 saturated heterocycles. The number of carbonyl (C=O) groups excluding carboxylic acids is 4. The maximum Gasteiger partial charge on any atom is 0.255 e. The molecule has 3 aromatic rings. The van der Waals surface area contributed by atoms with E-state index < -0.39 is 47.5 Å². The molecule has 0 aromatic heterocycles. The van der Waals surface area contributed by atoms with Crippen molar-refractivity contribution in [1.29, 1.82) is 0 Å². The Morgan fingerprint density at radius 2 is 1.32 bits per heavy atom. The van der Waals surface area contributed by atoms with Crippen molar-refractivity contribution in [2.24, 2.45) is 17.6 Å². The van der Waals surface area contributed by atoms with Crippen molar-refractivity contribution < 1.29 is 19.2 Å². The van der Waals surface area contributed by atoms with Gasteiger partial charge in [0.2, 0.25) is 17.7 Å². The number of rotatable bonds is 4. The molecule has 4 atom stereocenters. The molecule has 0 radical (unpaired) electrons. The van der Waals surface area contributed by atoms with Gasteiger partial charge in [-0.25, -0.2) is 4.90 Å². The number of anilines is 1. The summed E-state index contributed by atoms with van der Waals surface area (Å²) in [4.78, 5) is 56.3. The van der Waals surface area contributed by atoms with E-state index in [1.165, 1.54) is 4.90 Å². The number of imide groups is 1. The van der Waals surface area contributed by atoms with E-state index in [2.05, 4.69) is 0 Å². The summed E-state index contributed by atoms with van der Waals surface area (Å²) in [6.07, 6.45) is 0. The lowest BCUT2D eigenvalue weighted by atomic mass is 9.86. The first-order chi connectivity index (χ1) is 16.4. The molecule has 4 unspecified atom stereocenters. The molecule has 7 nitrogen and oxygen atoms in total. The molecule has 0 bridgehead atoms. The van der Waals surface area contributed by atoms with Gasteiger partial charge in [0.15, 0.2) is 0 Å². The number of likely N-dealkylation sites (tertiary alicyclic amines) is 1. The van der Waals surface area contributed by atoms with Gasteiger partial charge < -0.3 is 10.6 Å². The van der Waals surface area contributed by atoms with Crippen LogP contribution in [0.2, 0.25) is 0 Å². The van der Waals surface area contributed by atoms with Crippen LogP contribution >= 0.6 is 0 Å². The van der Waals surface area contributed by atoms with E-state index >= 15 is 0 Å². The second-order valence-electron chi connectivity index (χ2n) is 8.68. The van der Waals surface area contributed by atoms with Gasteiger partial charge in [-0.1, -0.05) is 66.2 Å². The van der Waals surface area contributed by atoms with Crippen LogP contribution in [0.5, 0.6) is 0 Å². The molecule has 0 spiro atoms. The van der Waals surface area contributed by atoms with Crippen LogP contribution in [0.3, 0.4) is 0 Å². The van der Waals surface area contributed by atoms with E-state index in [-0.39, 0.29) is 0 Å². The van der Waals surface area contributed by atoms with Crippen LogP contribution < -0.4 is 10.6 Å². The number of aryl methyl sites for hydroxylation is 1. The lowest BCUT2D eigenvalue weighted by molar-refractivity contribution is -0.129. The van der Waals surface area contributed by atoms with Crippen molar-refractivity contribution >= 4 is 29.3 Å². The fourth-order valence-corrected chi connectivity index (χ4v) is 5.16. The first-order valence-electron chi connectivity index (χ1n) is 11.1. The average molecular weight is 453 g/mol. The Kier molecular flexibility index (Phi) is 5.24. The number of hydrogen-bond donors (Lipinski definition) is 1. The van der Waals surface area contributed by atoms with Gasteiger partial charge in [-0.15, -0.1) is 0 Å². The van der Waals surface area contributed by atoms with Gasteiger partial charge >= 0.3 is 0 Å². The number of hydrogen-bond acceptors (Lipinski definition) is 4. The number of primary amides is 1. The monoisotopic (exact) mass is 453 g/mol. The minimum absolute atomic E-state index is 0.352. The number of fused-ring (bicyclic) bond motifs is 1. The number of benzene rings is 3. The van der Waals surface area contributed by atoms with Gasteiger partial charge in [0.25, 0.3) is 5.91 Å². The molecular weight excluding hydrogens is 430 g/mol. The second kappa shape index (κ2) is 8.26. The summed E-state index contributed by atoms with van der Waals surface area (Å²) in [6.45, 7) is 1.93. The molecule has 3 aromatic carbocycles. The van der Waals surface area contributed by atoms with Crippen molar-refractivity contribution in [3.8, 4) is 0 Å². The predicted molar refractivity (Wildman–Crippen MR) is 125 cm³/mol. The molecule has 2 fully saturated rings. The van der Waals surface area contributed by atoms with Crippen LogP contribution in [0, 0.1) is 18.8 Å². The van der Waals surface area contributed by atoms with Crippen LogP contribution in [-0.4, -0.2) is 34.6 Å². The van der Waals surface area contributed by atoms with E-state index in [0.717, 1.165) is 10.5 Å². The molecule has 0 saturated carbocycles. The summed E-state index contributed by atoms with van der Waals surface area (Å²) in [7, 11) is 0. The minimum Gasteiger partial charge on any atom is -0.368 e. The van der Waals surface area contributed by atoms with Crippen LogP contribution in [0.4, 0.5) is 5.69 Å². The number of nitrogens with two attached hydrogens (primary N) is 1. The summed E-state index contributed by atoms with van der Waals surface area (Å²) < 4.78 is 0. The van der Waals surface area contributed by atoms with Gasteiger partial charge in [-0.05, 0) is 36.8 Å².